The molecule has 1 N–H and O–H groups in total. The second kappa shape index (κ2) is 10.8. The molecule has 1 heterocycles. The second-order valence-electron chi connectivity index (χ2n) is 4.90. The van der Waals surface area contributed by atoms with Gasteiger partial charge in [-0.05, 0) is 18.5 Å². The van der Waals surface area contributed by atoms with E-state index in [0.29, 0.717) is 0 Å². The van der Waals surface area contributed by atoms with Crippen molar-refractivity contribution in [3.63, 3.8) is 0 Å². The summed E-state index contributed by atoms with van der Waals surface area (Å²) in [5.41, 5.74) is 1.20. The third kappa shape index (κ3) is 7.83. The van der Waals surface area contributed by atoms with E-state index in [2.05, 4.69) is 30.2 Å². The first-order valence-corrected chi connectivity index (χ1v) is 7.65. The van der Waals surface area contributed by atoms with Crippen LogP contribution in [0.25, 0.3) is 0 Å². The van der Waals surface area contributed by atoms with Gasteiger partial charge in [0.25, 0.3) is 0 Å². The third-order valence-corrected chi connectivity index (χ3v) is 3.12. The zero-order valence-electron chi connectivity index (χ0n) is 12.5. The Morgan fingerprint density at radius 2 is 1.84 bits per heavy atom. The molecule has 0 bridgehead atoms. The van der Waals surface area contributed by atoms with Gasteiger partial charge in [-0.3, -0.25) is 0 Å². The predicted molar refractivity (Wildman–Crippen MR) is 80.5 cm³/mol. The quantitative estimate of drug-likeness (QED) is 0.615. The normalized spacial score (nSPS) is 10.6. The van der Waals surface area contributed by atoms with E-state index in [9.17, 15) is 0 Å². The monoisotopic (exact) mass is 264 g/mol. The van der Waals surface area contributed by atoms with Crippen LogP contribution in [-0.4, -0.2) is 18.1 Å². The van der Waals surface area contributed by atoms with Crippen molar-refractivity contribution < 1.29 is 4.74 Å². The van der Waals surface area contributed by atoms with Crippen molar-refractivity contribution in [2.45, 2.75) is 58.9 Å². The van der Waals surface area contributed by atoms with Crippen LogP contribution in [0.1, 0.15) is 57.9 Å². The molecule has 0 saturated carbocycles. The molecular formula is C16H28N2O. The molecule has 19 heavy (non-hydrogen) atoms. The molecule has 1 rings (SSSR count). The number of ether oxygens (including phenoxy) is 1. The van der Waals surface area contributed by atoms with Gasteiger partial charge in [-0.1, -0.05) is 52.0 Å². The summed E-state index contributed by atoms with van der Waals surface area (Å²) in [6.45, 7) is 6.99. The summed E-state index contributed by atoms with van der Waals surface area (Å²) in [6, 6.07) is 4.04. The highest BCUT2D eigenvalue weighted by Gasteiger charge is 1.97. The highest BCUT2D eigenvalue weighted by Crippen LogP contribution is 2.09. The zero-order valence-corrected chi connectivity index (χ0v) is 12.5. The Hall–Kier alpha value is -1.09. The Labute approximate surface area is 117 Å². The van der Waals surface area contributed by atoms with Gasteiger partial charge in [0.05, 0.1) is 6.61 Å². The lowest BCUT2D eigenvalue weighted by Gasteiger charge is -2.06. The number of pyridine rings is 1. The van der Waals surface area contributed by atoms with E-state index in [-0.39, 0.29) is 0 Å². The summed E-state index contributed by atoms with van der Waals surface area (Å²) < 4.78 is 5.64. The van der Waals surface area contributed by atoms with E-state index >= 15 is 0 Å². The minimum Gasteiger partial charge on any atom is -0.478 e. The van der Waals surface area contributed by atoms with E-state index in [1.54, 1.807) is 0 Å². The molecule has 0 unspecified atom stereocenters. The van der Waals surface area contributed by atoms with Crippen LogP contribution >= 0.6 is 0 Å². The molecule has 3 nitrogen and oxygen atoms in total. The fraction of sp³-hybridized carbons (Fsp3) is 0.688. The fourth-order valence-electron chi connectivity index (χ4n) is 1.93. The molecule has 1 aromatic heterocycles. The van der Waals surface area contributed by atoms with Gasteiger partial charge in [0.15, 0.2) is 0 Å². The average molecular weight is 264 g/mol. The van der Waals surface area contributed by atoms with Gasteiger partial charge >= 0.3 is 0 Å². The minimum atomic E-state index is 0.744. The summed E-state index contributed by atoms with van der Waals surface area (Å²) in [7, 11) is 0. The molecule has 0 saturated heterocycles. The smallest absolute Gasteiger partial charge is 0.213 e. The van der Waals surface area contributed by atoms with Crippen LogP contribution in [0.3, 0.4) is 0 Å². The first-order chi connectivity index (χ1) is 9.36. The summed E-state index contributed by atoms with van der Waals surface area (Å²) in [4.78, 5) is 4.32. The van der Waals surface area contributed by atoms with E-state index in [4.69, 9.17) is 4.74 Å². The predicted octanol–water partition coefficient (Wildman–Crippen LogP) is 3.93. The molecule has 0 radical (unpaired) electrons. The van der Waals surface area contributed by atoms with Crippen LogP contribution in [0.5, 0.6) is 5.88 Å². The van der Waals surface area contributed by atoms with Gasteiger partial charge in [0.2, 0.25) is 5.88 Å². The second-order valence-corrected chi connectivity index (χ2v) is 4.90. The first kappa shape index (κ1) is 16.0. The topological polar surface area (TPSA) is 34.1 Å². The molecular weight excluding hydrogens is 236 g/mol. The van der Waals surface area contributed by atoms with Gasteiger partial charge < -0.3 is 10.1 Å². The molecule has 108 valence electrons. The van der Waals surface area contributed by atoms with Crippen molar-refractivity contribution in [2.24, 2.45) is 0 Å². The van der Waals surface area contributed by atoms with Gasteiger partial charge in [-0.2, -0.15) is 0 Å². The van der Waals surface area contributed by atoms with Crippen molar-refractivity contribution >= 4 is 0 Å². The molecule has 0 amide bonds. The van der Waals surface area contributed by atoms with Crippen molar-refractivity contribution in [3.05, 3.63) is 23.9 Å². The van der Waals surface area contributed by atoms with Crippen LogP contribution in [0.2, 0.25) is 0 Å². The van der Waals surface area contributed by atoms with E-state index in [1.807, 2.05) is 12.3 Å². The molecule has 0 aliphatic carbocycles. The maximum absolute atomic E-state index is 5.64. The summed E-state index contributed by atoms with van der Waals surface area (Å²) in [6.07, 6.45) is 9.62. The standard InChI is InChI=1S/C16H28N2O/c1-3-5-6-7-8-9-12-19-16-11-10-15(14-18-16)13-17-4-2/h10-11,14,17H,3-9,12-13H2,1-2H3. The lowest BCUT2D eigenvalue weighted by atomic mass is 10.1. The molecule has 0 aliphatic heterocycles. The van der Waals surface area contributed by atoms with Crippen LogP contribution in [0.15, 0.2) is 18.3 Å². The molecule has 0 aromatic carbocycles. The van der Waals surface area contributed by atoms with Crippen molar-refractivity contribution in [1.82, 2.24) is 10.3 Å². The van der Waals surface area contributed by atoms with Crippen LogP contribution in [0.4, 0.5) is 0 Å². The number of aromatic nitrogens is 1. The molecule has 0 spiro atoms. The maximum Gasteiger partial charge on any atom is 0.213 e. The maximum atomic E-state index is 5.64. The molecule has 0 fully saturated rings. The average Bonchev–Trinajstić information content (AvgIpc) is 2.45. The highest BCUT2D eigenvalue weighted by molar-refractivity contribution is 5.17. The Bertz CT molecular complexity index is 311. The van der Waals surface area contributed by atoms with Crippen LogP contribution in [-0.2, 0) is 6.54 Å². The molecule has 0 atom stereocenters. The van der Waals surface area contributed by atoms with E-state index in [1.165, 1.54) is 37.7 Å². The lowest BCUT2D eigenvalue weighted by Crippen LogP contribution is -2.11. The zero-order chi connectivity index (χ0) is 13.8. The SMILES string of the molecule is CCCCCCCCOc1ccc(CNCC)cn1. The van der Waals surface area contributed by atoms with Gasteiger partial charge in [-0.25, -0.2) is 4.98 Å². The number of hydrogen-bond acceptors (Lipinski definition) is 3. The molecule has 1 aromatic rings. The number of rotatable bonds is 11. The summed E-state index contributed by atoms with van der Waals surface area (Å²) in [5, 5.41) is 3.28. The van der Waals surface area contributed by atoms with Crippen molar-refractivity contribution in [1.29, 1.82) is 0 Å². The Morgan fingerprint density at radius 3 is 2.53 bits per heavy atom. The first-order valence-electron chi connectivity index (χ1n) is 7.65. The number of unbranched alkanes of at least 4 members (excludes halogenated alkanes) is 5. The fourth-order valence-corrected chi connectivity index (χ4v) is 1.93. The Morgan fingerprint density at radius 1 is 1.05 bits per heavy atom. The number of nitrogens with zero attached hydrogens (tertiary/aromatic N) is 1. The van der Waals surface area contributed by atoms with Crippen LogP contribution in [0, 0.1) is 0 Å². The van der Waals surface area contributed by atoms with E-state index in [0.717, 1.165) is 32.0 Å². The van der Waals surface area contributed by atoms with Crippen molar-refractivity contribution in [2.75, 3.05) is 13.2 Å². The Balaban J connectivity index is 2.09. The summed E-state index contributed by atoms with van der Waals surface area (Å²) in [5.74, 6) is 0.744. The van der Waals surface area contributed by atoms with Crippen LogP contribution < -0.4 is 10.1 Å². The van der Waals surface area contributed by atoms with Gasteiger partial charge in [-0.15, -0.1) is 0 Å². The lowest BCUT2D eigenvalue weighted by molar-refractivity contribution is 0.293. The molecule has 3 heteroatoms. The Kier molecular flexibility index (Phi) is 9.07. The van der Waals surface area contributed by atoms with Gasteiger partial charge in [0, 0.05) is 18.8 Å². The highest BCUT2D eigenvalue weighted by atomic mass is 16.5. The third-order valence-electron chi connectivity index (χ3n) is 3.12. The van der Waals surface area contributed by atoms with Crippen molar-refractivity contribution in [3.8, 4) is 5.88 Å². The van der Waals surface area contributed by atoms with Gasteiger partial charge in [0.1, 0.15) is 0 Å². The molecule has 0 aliphatic rings. The number of hydrogen-bond donors (Lipinski definition) is 1. The largest absolute Gasteiger partial charge is 0.478 e. The number of nitrogens with one attached hydrogen (secondary N) is 1. The minimum absolute atomic E-state index is 0.744. The summed E-state index contributed by atoms with van der Waals surface area (Å²) >= 11 is 0. The van der Waals surface area contributed by atoms with E-state index < -0.39 is 0 Å².